The Bertz CT molecular complexity index is 823. The molecule has 0 atom stereocenters. The molecule has 2 amide bonds. The van der Waals surface area contributed by atoms with E-state index in [2.05, 4.69) is 5.32 Å². The number of hydrogen-bond donors (Lipinski definition) is 1. The molecule has 1 N–H and O–H groups in total. The van der Waals surface area contributed by atoms with Crippen molar-refractivity contribution in [3.05, 3.63) is 57.8 Å². The maximum absolute atomic E-state index is 12.4. The number of rotatable bonds is 7. The number of hydrogen-bond acceptors (Lipinski definition) is 4. The second-order valence-electron chi connectivity index (χ2n) is 7.19. The first-order valence-electron chi connectivity index (χ1n) is 9.72. The summed E-state index contributed by atoms with van der Waals surface area (Å²) < 4.78 is 0. The van der Waals surface area contributed by atoms with Gasteiger partial charge in [-0.15, -0.1) is 11.3 Å². The van der Waals surface area contributed by atoms with Crippen LogP contribution in [-0.2, 0) is 16.1 Å². The van der Waals surface area contributed by atoms with Gasteiger partial charge in [-0.2, -0.15) is 0 Å². The van der Waals surface area contributed by atoms with Gasteiger partial charge in [0.1, 0.15) is 0 Å². The molecule has 5 nitrogen and oxygen atoms in total. The maximum atomic E-state index is 12.4. The smallest absolute Gasteiger partial charge is 0.223 e. The monoisotopic (exact) mass is 398 g/mol. The summed E-state index contributed by atoms with van der Waals surface area (Å²) in [6.07, 6.45) is 1.83. The van der Waals surface area contributed by atoms with Crippen molar-refractivity contribution in [2.45, 2.75) is 39.2 Å². The number of aryl methyl sites for hydroxylation is 1. The molecule has 28 heavy (non-hydrogen) atoms. The van der Waals surface area contributed by atoms with Crippen LogP contribution >= 0.6 is 11.3 Å². The molecule has 0 radical (unpaired) electrons. The van der Waals surface area contributed by atoms with Crippen LogP contribution in [0.5, 0.6) is 0 Å². The minimum atomic E-state index is -0.0523. The number of nitrogens with one attached hydrogen (secondary N) is 1. The second kappa shape index (κ2) is 9.64. The molecular weight excluding hydrogens is 372 g/mol. The Balaban J connectivity index is 1.38. The van der Waals surface area contributed by atoms with Gasteiger partial charge >= 0.3 is 0 Å². The molecule has 2 heterocycles. The zero-order chi connectivity index (χ0) is 19.9. The summed E-state index contributed by atoms with van der Waals surface area (Å²) in [6, 6.07) is 13.6. The molecule has 6 heteroatoms. The summed E-state index contributed by atoms with van der Waals surface area (Å²) >= 11 is 1.47. The number of carbonyl (C=O) groups is 3. The van der Waals surface area contributed by atoms with Crippen molar-refractivity contribution in [1.82, 2.24) is 10.2 Å². The third-order valence-electron chi connectivity index (χ3n) is 5.11. The van der Waals surface area contributed by atoms with Crippen molar-refractivity contribution in [3.63, 3.8) is 0 Å². The summed E-state index contributed by atoms with van der Waals surface area (Å²) in [5.41, 5.74) is 1.08. The van der Waals surface area contributed by atoms with E-state index in [1.165, 1.54) is 11.3 Å². The van der Waals surface area contributed by atoms with Crippen molar-refractivity contribution in [2.24, 2.45) is 5.92 Å². The zero-order valence-electron chi connectivity index (χ0n) is 16.1. The standard InChI is InChI=1S/C22H26N2O3S/c1-16-7-9-20(28-16)19(25)8-10-21(26)24-13-11-18(12-14-24)22(27)23-15-17-5-3-2-4-6-17/h2-7,9,18H,8,10-15H2,1H3,(H,23,27). The molecule has 1 aliphatic heterocycles. The first-order valence-corrected chi connectivity index (χ1v) is 10.5. The number of nitrogens with zero attached hydrogens (tertiary/aromatic N) is 1. The first kappa shape index (κ1) is 20.3. The molecule has 0 saturated carbocycles. The zero-order valence-corrected chi connectivity index (χ0v) is 17.0. The van der Waals surface area contributed by atoms with Gasteiger partial charge < -0.3 is 10.2 Å². The second-order valence-corrected chi connectivity index (χ2v) is 8.48. The van der Waals surface area contributed by atoms with Gasteiger partial charge in [-0.25, -0.2) is 0 Å². The number of thiophene rings is 1. The van der Waals surface area contributed by atoms with Crippen molar-refractivity contribution >= 4 is 28.9 Å². The molecule has 0 spiro atoms. The summed E-state index contributed by atoms with van der Waals surface area (Å²) in [7, 11) is 0. The molecule has 148 valence electrons. The number of likely N-dealkylation sites (tertiary alicyclic amines) is 1. The Morgan fingerprint density at radius 1 is 1.04 bits per heavy atom. The highest BCUT2D eigenvalue weighted by Crippen LogP contribution is 2.20. The van der Waals surface area contributed by atoms with Gasteiger partial charge in [0.25, 0.3) is 0 Å². The predicted octanol–water partition coefficient (Wildman–Crippen LogP) is 3.57. The summed E-state index contributed by atoms with van der Waals surface area (Å²) in [6.45, 7) is 3.65. The number of piperidine rings is 1. The molecule has 0 bridgehead atoms. The van der Waals surface area contributed by atoms with E-state index in [1.807, 2.05) is 49.4 Å². The van der Waals surface area contributed by atoms with Gasteiger partial charge in [-0.05, 0) is 37.5 Å². The fourth-order valence-electron chi connectivity index (χ4n) is 3.41. The van der Waals surface area contributed by atoms with Gasteiger partial charge in [0.15, 0.2) is 5.78 Å². The lowest BCUT2D eigenvalue weighted by atomic mass is 9.95. The van der Waals surface area contributed by atoms with E-state index in [0.29, 0.717) is 32.5 Å². The first-order chi connectivity index (χ1) is 13.5. The molecular formula is C22H26N2O3S. The number of benzene rings is 1. The van der Waals surface area contributed by atoms with Crippen LogP contribution < -0.4 is 5.32 Å². The fourth-order valence-corrected chi connectivity index (χ4v) is 4.24. The average molecular weight is 399 g/mol. The van der Waals surface area contributed by atoms with Crippen LogP contribution in [-0.4, -0.2) is 35.6 Å². The summed E-state index contributed by atoms with van der Waals surface area (Å²) in [5, 5.41) is 2.99. The molecule has 1 aliphatic rings. The van der Waals surface area contributed by atoms with Crippen LogP contribution in [0.4, 0.5) is 0 Å². The SMILES string of the molecule is Cc1ccc(C(=O)CCC(=O)N2CCC(C(=O)NCc3ccccc3)CC2)s1. The lowest BCUT2D eigenvalue weighted by molar-refractivity contribution is -0.135. The van der Waals surface area contributed by atoms with E-state index < -0.39 is 0 Å². The predicted molar refractivity (Wildman–Crippen MR) is 110 cm³/mol. The Labute approximate surface area is 169 Å². The van der Waals surface area contributed by atoms with E-state index in [4.69, 9.17) is 0 Å². The largest absolute Gasteiger partial charge is 0.352 e. The van der Waals surface area contributed by atoms with Crippen molar-refractivity contribution in [3.8, 4) is 0 Å². The molecule has 1 saturated heterocycles. The van der Waals surface area contributed by atoms with Gasteiger partial charge in [0, 0.05) is 43.3 Å². The number of amides is 2. The highest BCUT2D eigenvalue weighted by Gasteiger charge is 2.27. The van der Waals surface area contributed by atoms with Crippen LogP contribution in [0.25, 0.3) is 0 Å². The lowest BCUT2D eigenvalue weighted by Crippen LogP contribution is -2.43. The van der Waals surface area contributed by atoms with E-state index in [9.17, 15) is 14.4 Å². The average Bonchev–Trinajstić information content (AvgIpc) is 3.17. The van der Waals surface area contributed by atoms with Gasteiger partial charge in [-0.1, -0.05) is 30.3 Å². The topological polar surface area (TPSA) is 66.5 Å². The minimum Gasteiger partial charge on any atom is -0.352 e. The van der Waals surface area contributed by atoms with Crippen molar-refractivity contribution < 1.29 is 14.4 Å². The molecule has 1 fully saturated rings. The Hall–Kier alpha value is -2.47. The molecule has 0 aliphatic carbocycles. The normalized spacial score (nSPS) is 14.7. The number of ketones is 1. The van der Waals surface area contributed by atoms with Crippen molar-refractivity contribution in [2.75, 3.05) is 13.1 Å². The van der Waals surface area contributed by atoms with Crippen molar-refractivity contribution in [1.29, 1.82) is 0 Å². The fraction of sp³-hybridized carbons (Fsp3) is 0.409. The van der Waals surface area contributed by atoms with E-state index in [1.54, 1.807) is 4.90 Å². The summed E-state index contributed by atoms with van der Waals surface area (Å²) in [5.74, 6) is 0.0362. The van der Waals surface area contributed by atoms with Crippen LogP contribution in [0.1, 0.15) is 45.8 Å². The number of carbonyl (C=O) groups excluding carboxylic acids is 3. The van der Waals surface area contributed by atoms with Crippen LogP contribution in [0.15, 0.2) is 42.5 Å². The van der Waals surface area contributed by atoms with Gasteiger partial charge in [-0.3, -0.25) is 14.4 Å². The minimum absolute atomic E-state index is 0.00442. The molecule has 3 rings (SSSR count). The van der Waals surface area contributed by atoms with Gasteiger partial charge in [0.2, 0.25) is 11.8 Å². The number of Topliss-reactive ketones (excluding diaryl/α,β-unsaturated/α-hetero) is 1. The van der Waals surface area contributed by atoms with Crippen LogP contribution in [0, 0.1) is 12.8 Å². The van der Waals surface area contributed by atoms with E-state index in [-0.39, 0.29) is 36.4 Å². The van der Waals surface area contributed by atoms with Crippen LogP contribution in [0.3, 0.4) is 0 Å². The lowest BCUT2D eigenvalue weighted by Gasteiger charge is -2.31. The quantitative estimate of drug-likeness (QED) is 0.725. The third kappa shape index (κ3) is 5.52. The van der Waals surface area contributed by atoms with E-state index >= 15 is 0 Å². The third-order valence-corrected chi connectivity index (χ3v) is 6.15. The Kier molecular flexibility index (Phi) is 6.98. The van der Waals surface area contributed by atoms with E-state index in [0.717, 1.165) is 15.3 Å². The highest BCUT2D eigenvalue weighted by molar-refractivity contribution is 7.14. The molecule has 0 unspecified atom stereocenters. The molecule has 1 aromatic heterocycles. The molecule has 1 aromatic carbocycles. The van der Waals surface area contributed by atoms with Gasteiger partial charge in [0.05, 0.1) is 4.88 Å². The summed E-state index contributed by atoms with van der Waals surface area (Å²) in [4.78, 5) is 40.5. The van der Waals surface area contributed by atoms with Crippen LogP contribution in [0.2, 0.25) is 0 Å². The Morgan fingerprint density at radius 2 is 1.75 bits per heavy atom. The maximum Gasteiger partial charge on any atom is 0.223 e. The Morgan fingerprint density at radius 3 is 2.39 bits per heavy atom. The molecule has 2 aromatic rings. The highest BCUT2D eigenvalue weighted by atomic mass is 32.1.